The predicted octanol–water partition coefficient (Wildman–Crippen LogP) is 2.85. The van der Waals surface area contributed by atoms with Gasteiger partial charge in [0.25, 0.3) is 17.7 Å². The molecule has 0 spiro atoms. The highest BCUT2D eigenvalue weighted by Crippen LogP contribution is 2.17. The summed E-state index contributed by atoms with van der Waals surface area (Å²) in [7, 11) is 0. The van der Waals surface area contributed by atoms with Gasteiger partial charge in [-0.25, -0.2) is 19.3 Å². The summed E-state index contributed by atoms with van der Waals surface area (Å²) >= 11 is 0. The standard InChI is InChI=1S/C26H22FN7O3/c27-17-5-3-4-16(14-17)24(35)33-23-22(28-10-11-29-23)25(36)31-18-8-12-34(13-9-18)26(37)21-15-30-19-6-1-2-7-20(19)32-21/h1-7,10-11,14-15,18H,8-9,12-13H2,(H,31,36)(H,29,33,35). The summed E-state index contributed by atoms with van der Waals surface area (Å²) < 4.78 is 13.5. The van der Waals surface area contributed by atoms with Crippen LogP contribution in [0.2, 0.25) is 0 Å². The SMILES string of the molecule is O=C(Nc1nccnc1C(=O)NC1CCN(C(=O)c2cnc3ccccc3n2)CC1)c1cccc(F)c1. The average Bonchev–Trinajstić information content (AvgIpc) is 2.93. The van der Waals surface area contributed by atoms with Crippen LogP contribution in [0.15, 0.2) is 67.1 Å². The van der Waals surface area contributed by atoms with Crippen LogP contribution in [0.4, 0.5) is 10.2 Å². The minimum absolute atomic E-state index is 0.0308. The Morgan fingerprint density at radius 1 is 0.892 bits per heavy atom. The van der Waals surface area contributed by atoms with Gasteiger partial charge in [0, 0.05) is 37.1 Å². The van der Waals surface area contributed by atoms with Crippen molar-refractivity contribution in [3.8, 4) is 0 Å². The first-order valence-electron chi connectivity index (χ1n) is 11.7. The van der Waals surface area contributed by atoms with Crippen molar-refractivity contribution in [2.45, 2.75) is 18.9 Å². The third-order valence-electron chi connectivity index (χ3n) is 6.02. The molecule has 2 N–H and O–H groups in total. The third kappa shape index (κ3) is 5.40. The zero-order chi connectivity index (χ0) is 25.8. The molecule has 1 fully saturated rings. The van der Waals surface area contributed by atoms with E-state index in [1.54, 1.807) is 4.90 Å². The zero-order valence-electron chi connectivity index (χ0n) is 19.6. The number of amides is 3. The summed E-state index contributed by atoms with van der Waals surface area (Å²) in [6.07, 6.45) is 5.23. The van der Waals surface area contributed by atoms with Gasteiger partial charge in [-0.05, 0) is 43.2 Å². The van der Waals surface area contributed by atoms with E-state index in [1.165, 1.54) is 36.8 Å². The minimum atomic E-state index is -0.613. The highest BCUT2D eigenvalue weighted by molar-refractivity contribution is 6.07. The molecule has 4 aromatic rings. The molecule has 5 rings (SSSR count). The lowest BCUT2D eigenvalue weighted by atomic mass is 10.0. The van der Waals surface area contributed by atoms with E-state index in [-0.39, 0.29) is 34.7 Å². The summed E-state index contributed by atoms with van der Waals surface area (Å²) in [5.74, 6) is -1.91. The lowest BCUT2D eigenvalue weighted by Crippen LogP contribution is -2.47. The molecule has 1 aliphatic heterocycles. The van der Waals surface area contributed by atoms with Crippen molar-refractivity contribution in [3.05, 3.63) is 89.9 Å². The molecule has 0 unspecified atom stereocenters. The Hall–Kier alpha value is -4.80. The van der Waals surface area contributed by atoms with E-state index in [1.807, 2.05) is 24.3 Å². The van der Waals surface area contributed by atoms with Crippen LogP contribution < -0.4 is 10.6 Å². The molecule has 2 aromatic carbocycles. The number of anilines is 1. The second-order valence-electron chi connectivity index (χ2n) is 8.50. The molecular weight excluding hydrogens is 477 g/mol. The van der Waals surface area contributed by atoms with E-state index in [9.17, 15) is 18.8 Å². The lowest BCUT2D eigenvalue weighted by Gasteiger charge is -2.32. The first kappa shape index (κ1) is 23.9. The van der Waals surface area contributed by atoms with Crippen LogP contribution in [0.25, 0.3) is 11.0 Å². The number of piperidine rings is 1. The number of rotatable bonds is 5. The Balaban J connectivity index is 1.20. The third-order valence-corrected chi connectivity index (χ3v) is 6.02. The van der Waals surface area contributed by atoms with Gasteiger partial charge < -0.3 is 15.5 Å². The number of hydrogen-bond donors (Lipinski definition) is 2. The van der Waals surface area contributed by atoms with Crippen molar-refractivity contribution in [2.75, 3.05) is 18.4 Å². The van der Waals surface area contributed by atoms with Crippen molar-refractivity contribution in [1.82, 2.24) is 30.2 Å². The van der Waals surface area contributed by atoms with E-state index < -0.39 is 17.6 Å². The fraction of sp³-hybridized carbons (Fsp3) is 0.192. The smallest absolute Gasteiger partial charge is 0.274 e. The number of benzene rings is 2. The largest absolute Gasteiger partial charge is 0.348 e. The topological polar surface area (TPSA) is 130 Å². The quantitative estimate of drug-likeness (QED) is 0.432. The fourth-order valence-corrected chi connectivity index (χ4v) is 4.11. The Morgan fingerprint density at radius 3 is 2.43 bits per heavy atom. The van der Waals surface area contributed by atoms with Crippen LogP contribution in [0.3, 0.4) is 0 Å². The van der Waals surface area contributed by atoms with Crippen LogP contribution in [0, 0.1) is 5.82 Å². The van der Waals surface area contributed by atoms with Gasteiger partial charge in [0.05, 0.1) is 17.2 Å². The molecule has 0 saturated carbocycles. The molecule has 186 valence electrons. The summed E-state index contributed by atoms with van der Waals surface area (Å²) in [5, 5.41) is 5.42. The molecule has 0 aliphatic carbocycles. The Labute approximate surface area is 211 Å². The van der Waals surface area contributed by atoms with E-state index in [0.29, 0.717) is 31.4 Å². The monoisotopic (exact) mass is 499 g/mol. The van der Waals surface area contributed by atoms with Crippen molar-refractivity contribution in [2.24, 2.45) is 0 Å². The number of carbonyl (C=O) groups is 3. The number of hydrogen-bond acceptors (Lipinski definition) is 7. The van der Waals surface area contributed by atoms with Crippen molar-refractivity contribution in [1.29, 1.82) is 0 Å². The van der Waals surface area contributed by atoms with Gasteiger partial charge in [-0.2, -0.15) is 0 Å². The van der Waals surface area contributed by atoms with Gasteiger partial charge in [0.1, 0.15) is 11.5 Å². The molecule has 0 bridgehead atoms. The van der Waals surface area contributed by atoms with Crippen LogP contribution in [-0.4, -0.2) is 61.7 Å². The summed E-state index contributed by atoms with van der Waals surface area (Å²) in [6, 6.07) is 12.3. The van der Waals surface area contributed by atoms with Crippen LogP contribution in [-0.2, 0) is 0 Å². The molecule has 10 nitrogen and oxygen atoms in total. The Kier molecular flexibility index (Phi) is 6.75. The normalized spacial score (nSPS) is 13.8. The molecule has 3 amide bonds. The van der Waals surface area contributed by atoms with Gasteiger partial charge in [-0.3, -0.25) is 19.4 Å². The number of aromatic nitrogens is 4. The summed E-state index contributed by atoms with van der Waals surface area (Å²) in [6.45, 7) is 0.865. The maximum absolute atomic E-state index is 13.5. The fourth-order valence-electron chi connectivity index (χ4n) is 4.11. The zero-order valence-corrected chi connectivity index (χ0v) is 19.6. The number of carbonyl (C=O) groups excluding carboxylic acids is 3. The maximum Gasteiger partial charge on any atom is 0.274 e. The maximum atomic E-state index is 13.5. The number of likely N-dealkylation sites (tertiary alicyclic amines) is 1. The average molecular weight is 500 g/mol. The van der Waals surface area contributed by atoms with Crippen LogP contribution in [0.5, 0.6) is 0 Å². The second-order valence-corrected chi connectivity index (χ2v) is 8.50. The number of fused-ring (bicyclic) bond motifs is 1. The summed E-state index contributed by atoms with van der Waals surface area (Å²) in [5.41, 5.74) is 1.68. The van der Waals surface area contributed by atoms with Gasteiger partial charge >= 0.3 is 0 Å². The molecule has 1 aliphatic rings. The molecular formula is C26H22FN7O3. The molecule has 11 heteroatoms. The molecule has 37 heavy (non-hydrogen) atoms. The number of nitrogens with one attached hydrogen (secondary N) is 2. The molecule has 0 atom stereocenters. The van der Waals surface area contributed by atoms with Crippen LogP contribution in [0.1, 0.15) is 44.2 Å². The number of halogens is 1. The predicted molar refractivity (Wildman–Crippen MR) is 132 cm³/mol. The van der Waals surface area contributed by atoms with Gasteiger partial charge in [0.2, 0.25) is 0 Å². The Bertz CT molecular complexity index is 1490. The number of nitrogens with zero attached hydrogens (tertiary/aromatic N) is 5. The van der Waals surface area contributed by atoms with E-state index in [2.05, 4.69) is 30.6 Å². The first-order chi connectivity index (χ1) is 18.0. The van der Waals surface area contributed by atoms with Gasteiger partial charge in [-0.15, -0.1) is 0 Å². The number of para-hydroxylation sites is 2. The molecule has 3 heterocycles. The van der Waals surface area contributed by atoms with E-state index in [4.69, 9.17) is 0 Å². The van der Waals surface area contributed by atoms with Crippen molar-refractivity contribution < 1.29 is 18.8 Å². The lowest BCUT2D eigenvalue weighted by molar-refractivity contribution is 0.0692. The first-order valence-corrected chi connectivity index (χ1v) is 11.7. The van der Waals surface area contributed by atoms with E-state index in [0.717, 1.165) is 11.6 Å². The van der Waals surface area contributed by atoms with Crippen molar-refractivity contribution in [3.63, 3.8) is 0 Å². The molecule has 2 aromatic heterocycles. The Morgan fingerprint density at radius 2 is 1.65 bits per heavy atom. The van der Waals surface area contributed by atoms with Gasteiger partial charge in [-0.1, -0.05) is 18.2 Å². The minimum Gasteiger partial charge on any atom is -0.348 e. The summed E-state index contributed by atoms with van der Waals surface area (Å²) in [4.78, 5) is 56.9. The molecule has 1 saturated heterocycles. The van der Waals surface area contributed by atoms with Crippen molar-refractivity contribution >= 4 is 34.6 Å². The second kappa shape index (κ2) is 10.4. The highest BCUT2D eigenvalue weighted by Gasteiger charge is 2.27. The molecule has 0 radical (unpaired) electrons. The highest BCUT2D eigenvalue weighted by atomic mass is 19.1. The van der Waals surface area contributed by atoms with Gasteiger partial charge in [0.15, 0.2) is 11.5 Å². The van der Waals surface area contributed by atoms with E-state index >= 15 is 0 Å². The van der Waals surface area contributed by atoms with Crippen LogP contribution >= 0.6 is 0 Å².